The van der Waals surface area contributed by atoms with Crippen LogP contribution in [-0.2, 0) is 4.79 Å². The van der Waals surface area contributed by atoms with E-state index in [0.717, 1.165) is 17.7 Å². The van der Waals surface area contributed by atoms with Gasteiger partial charge in [-0.25, -0.2) is 4.98 Å². The minimum absolute atomic E-state index is 0.108. The quantitative estimate of drug-likeness (QED) is 0.159. The number of nitrogens with zero attached hydrogens (tertiary/aromatic N) is 3. The second-order valence-corrected chi connectivity index (χ2v) is 11.7. The zero-order valence-electron chi connectivity index (χ0n) is 21.5. The van der Waals surface area contributed by atoms with E-state index in [-0.39, 0.29) is 17.2 Å². The van der Waals surface area contributed by atoms with Crippen LogP contribution < -0.4 is 15.6 Å². The summed E-state index contributed by atoms with van der Waals surface area (Å²) in [5, 5.41) is 3.35. The molecule has 1 amide bonds. The van der Waals surface area contributed by atoms with Crippen LogP contribution in [-0.4, -0.2) is 39.4 Å². The van der Waals surface area contributed by atoms with Crippen LogP contribution in [0.25, 0.3) is 21.7 Å². The SMILES string of the molecule is COc1ccccc1-n1c(SCC(=O)NCCC(C)C)nc2c(sc(=S)n2-c2ccc(C)c(C)c2)c1=O. The minimum Gasteiger partial charge on any atom is -0.495 e. The number of rotatable bonds is 9. The molecule has 0 aliphatic rings. The number of thiazole rings is 1. The molecule has 194 valence electrons. The van der Waals surface area contributed by atoms with Gasteiger partial charge in [0.05, 0.1) is 18.6 Å². The van der Waals surface area contributed by atoms with Crippen molar-refractivity contribution in [1.29, 1.82) is 0 Å². The van der Waals surface area contributed by atoms with Gasteiger partial charge in [-0.05, 0) is 73.8 Å². The average molecular weight is 555 g/mol. The van der Waals surface area contributed by atoms with E-state index < -0.39 is 0 Å². The fourth-order valence-electron chi connectivity index (χ4n) is 3.83. The van der Waals surface area contributed by atoms with Crippen LogP contribution in [0.5, 0.6) is 5.75 Å². The van der Waals surface area contributed by atoms with Crippen LogP contribution in [0.4, 0.5) is 0 Å². The predicted molar refractivity (Wildman–Crippen MR) is 155 cm³/mol. The Morgan fingerprint density at radius 1 is 1.16 bits per heavy atom. The Kier molecular flexibility index (Phi) is 8.51. The Morgan fingerprint density at radius 2 is 1.92 bits per heavy atom. The molecular formula is C27H30N4O3S3. The Labute approximate surface area is 229 Å². The molecule has 4 aromatic rings. The fourth-order valence-corrected chi connectivity index (χ4v) is 5.96. The third-order valence-electron chi connectivity index (χ3n) is 6.03. The maximum atomic E-state index is 13.9. The molecule has 0 fully saturated rings. The molecule has 2 heterocycles. The van der Waals surface area contributed by atoms with Crippen LogP contribution >= 0.6 is 35.3 Å². The van der Waals surface area contributed by atoms with Gasteiger partial charge in [-0.2, -0.15) is 0 Å². The summed E-state index contributed by atoms with van der Waals surface area (Å²) < 4.78 is 9.87. The van der Waals surface area contributed by atoms with Gasteiger partial charge in [-0.3, -0.25) is 18.7 Å². The number of hydrogen-bond donors (Lipinski definition) is 1. The highest BCUT2D eigenvalue weighted by atomic mass is 32.2. The number of hydrogen-bond acceptors (Lipinski definition) is 7. The lowest BCUT2D eigenvalue weighted by molar-refractivity contribution is -0.118. The molecule has 37 heavy (non-hydrogen) atoms. The highest BCUT2D eigenvalue weighted by Crippen LogP contribution is 2.30. The average Bonchev–Trinajstić information content (AvgIpc) is 3.20. The molecule has 4 rings (SSSR count). The van der Waals surface area contributed by atoms with Gasteiger partial charge in [0.1, 0.15) is 10.4 Å². The molecule has 0 saturated heterocycles. The summed E-state index contributed by atoms with van der Waals surface area (Å²) >= 11 is 8.14. The van der Waals surface area contributed by atoms with Gasteiger partial charge < -0.3 is 10.1 Å². The van der Waals surface area contributed by atoms with Crippen LogP contribution in [0, 0.1) is 23.7 Å². The van der Waals surface area contributed by atoms with E-state index in [2.05, 4.69) is 26.1 Å². The number of para-hydroxylation sites is 2. The van der Waals surface area contributed by atoms with E-state index in [1.807, 2.05) is 41.8 Å². The number of carbonyl (C=O) groups excluding carboxylic acids is 1. The second-order valence-electron chi connectivity index (χ2n) is 9.15. The molecule has 0 spiro atoms. The Morgan fingerprint density at radius 3 is 2.62 bits per heavy atom. The normalized spacial score (nSPS) is 11.3. The first-order valence-electron chi connectivity index (χ1n) is 12.0. The smallest absolute Gasteiger partial charge is 0.278 e. The number of ether oxygens (including phenoxy) is 1. The Hall–Kier alpha value is -2.95. The number of aryl methyl sites for hydroxylation is 2. The van der Waals surface area contributed by atoms with Gasteiger partial charge in [0.2, 0.25) is 5.91 Å². The summed E-state index contributed by atoms with van der Waals surface area (Å²) in [5.74, 6) is 1.05. The van der Waals surface area contributed by atoms with Crippen molar-refractivity contribution in [3.05, 3.63) is 67.9 Å². The van der Waals surface area contributed by atoms with Crippen LogP contribution in [0.15, 0.2) is 52.4 Å². The van der Waals surface area contributed by atoms with Gasteiger partial charge in [0, 0.05) is 12.2 Å². The third kappa shape index (κ3) is 5.81. The number of fused-ring (bicyclic) bond motifs is 1. The molecule has 0 unspecified atom stereocenters. The molecule has 7 nitrogen and oxygen atoms in total. The van der Waals surface area contributed by atoms with Crippen LogP contribution in [0.3, 0.4) is 0 Å². The molecule has 0 radical (unpaired) electrons. The summed E-state index contributed by atoms with van der Waals surface area (Å²) in [5.41, 5.74) is 3.93. The molecule has 0 bridgehead atoms. The summed E-state index contributed by atoms with van der Waals surface area (Å²) in [6.45, 7) is 8.93. The monoisotopic (exact) mass is 554 g/mol. The summed E-state index contributed by atoms with van der Waals surface area (Å²) in [7, 11) is 1.56. The molecule has 0 saturated carbocycles. The van der Waals surface area contributed by atoms with Gasteiger partial charge in [-0.15, -0.1) is 0 Å². The first-order valence-corrected chi connectivity index (χ1v) is 14.2. The van der Waals surface area contributed by atoms with E-state index >= 15 is 0 Å². The molecule has 2 aromatic heterocycles. The zero-order chi connectivity index (χ0) is 26.7. The summed E-state index contributed by atoms with van der Waals surface area (Å²) in [4.78, 5) is 31.4. The van der Waals surface area contributed by atoms with Crippen molar-refractivity contribution >= 4 is 51.6 Å². The number of carbonyl (C=O) groups is 1. The lowest BCUT2D eigenvalue weighted by atomic mass is 10.1. The lowest BCUT2D eigenvalue weighted by Gasteiger charge is -2.15. The molecule has 0 atom stereocenters. The first kappa shape index (κ1) is 27.1. The lowest BCUT2D eigenvalue weighted by Crippen LogP contribution is -2.28. The van der Waals surface area contributed by atoms with Crippen molar-refractivity contribution in [2.45, 2.75) is 39.3 Å². The van der Waals surface area contributed by atoms with Crippen molar-refractivity contribution in [3.8, 4) is 17.1 Å². The number of nitrogens with one attached hydrogen (secondary N) is 1. The van der Waals surface area contributed by atoms with Crippen molar-refractivity contribution < 1.29 is 9.53 Å². The molecule has 2 aromatic carbocycles. The van der Waals surface area contributed by atoms with Gasteiger partial charge >= 0.3 is 0 Å². The second kappa shape index (κ2) is 11.6. The molecule has 1 N–H and O–H groups in total. The van der Waals surface area contributed by atoms with Crippen molar-refractivity contribution in [1.82, 2.24) is 19.4 Å². The topological polar surface area (TPSA) is 78.2 Å². The number of thioether (sulfide) groups is 1. The molecule has 10 heteroatoms. The Balaban J connectivity index is 1.86. The van der Waals surface area contributed by atoms with Gasteiger partial charge in [0.15, 0.2) is 14.8 Å². The zero-order valence-corrected chi connectivity index (χ0v) is 24.0. The first-order chi connectivity index (χ1) is 17.7. The van der Waals surface area contributed by atoms with E-state index in [9.17, 15) is 9.59 Å². The van der Waals surface area contributed by atoms with Crippen molar-refractivity contribution in [2.24, 2.45) is 5.92 Å². The minimum atomic E-state index is -0.254. The number of methoxy groups -OCH3 is 1. The standard InChI is InChI=1S/C27H30N4O3S3/c1-16(2)12-13-28-22(32)15-36-26-29-24-23(25(33)31(26)20-8-6-7-9-21(20)34-5)37-27(35)30(24)19-11-10-17(3)18(4)14-19/h6-11,14,16H,12-13,15H2,1-5H3,(H,28,32). The highest BCUT2D eigenvalue weighted by Gasteiger charge is 2.21. The third-order valence-corrected chi connectivity index (χ3v) is 8.32. The Bertz CT molecular complexity index is 1570. The maximum Gasteiger partial charge on any atom is 0.278 e. The van der Waals surface area contributed by atoms with E-state index in [1.54, 1.807) is 19.2 Å². The van der Waals surface area contributed by atoms with Crippen molar-refractivity contribution in [2.75, 3.05) is 19.4 Å². The van der Waals surface area contributed by atoms with Crippen LogP contribution in [0.2, 0.25) is 0 Å². The highest BCUT2D eigenvalue weighted by molar-refractivity contribution is 7.99. The van der Waals surface area contributed by atoms with Gasteiger partial charge in [0.25, 0.3) is 5.56 Å². The number of benzene rings is 2. The van der Waals surface area contributed by atoms with E-state index in [4.69, 9.17) is 21.9 Å². The molecular weight excluding hydrogens is 525 g/mol. The van der Waals surface area contributed by atoms with E-state index in [1.165, 1.54) is 33.2 Å². The maximum absolute atomic E-state index is 13.9. The molecule has 0 aliphatic carbocycles. The van der Waals surface area contributed by atoms with Gasteiger partial charge in [-0.1, -0.05) is 55.1 Å². The van der Waals surface area contributed by atoms with Crippen LogP contribution in [0.1, 0.15) is 31.4 Å². The van der Waals surface area contributed by atoms with Crippen molar-refractivity contribution in [3.63, 3.8) is 0 Å². The number of aromatic nitrogens is 3. The van der Waals surface area contributed by atoms with E-state index in [0.29, 0.717) is 43.4 Å². The fraction of sp³-hybridized carbons (Fsp3) is 0.333. The summed E-state index contributed by atoms with van der Waals surface area (Å²) in [6, 6.07) is 13.3. The molecule has 0 aliphatic heterocycles. The number of amides is 1. The summed E-state index contributed by atoms with van der Waals surface area (Å²) in [6.07, 6.45) is 0.902. The predicted octanol–water partition coefficient (Wildman–Crippen LogP) is 5.85. The largest absolute Gasteiger partial charge is 0.495 e.